The largest absolute Gasteiger partial charge is 0.573 e. The lowest BCUT2D eigenvalue weighted by molar-refractivity contribution is -0.274. The predicted octanol–water partition coefficient (Wildman–Crippen LogP) is 4.61. The van der Waals surface area contributed by atoms with Gasteiger partial charge in [-0.05, 0) is 30.3 Å². The Kier molecular flexibility index (Phi) is 4.18. The molecule has 110 valence electrons. The molecule has 7 heteroatoms. The maximum Gasteiger partial charge on any atom is 0.573 e. The van der Waals surface area contributed by atoms with Crippen molar-refractivity contribution in [3.63, 3.8) is 0 Å². The van der Waals surface area contributed by atoms with Crippen LogP contribution < -0.4 is 4.74 Å². The molecule has 0 radical (unpaired) electrons. The van der Waals surface area contributed by atoms with Crippen molar-refractivity contribution >= 4 is 17.4 Å². The smallest absolute Gasteiger partial charge is 0.405 e. The van der Waals surface area contributed by atoms with E-state index in [9.17, 15) is 22.4 Å². The van der Waals surface area contributed by atoms with Gasteiger partial charge in [0.15, 0.2) is 5.78 Å². The highest BCUT2D eigenvalue weighted by molar-refractivity contribution is 6.31. The van der Waals surface area contributed by atoms with Crippen LogP contribution in [0.4, 0.5) is 17.6 Å². The molecule has 0 fully saturated rings. The van der Waals surface area contributed by atoms with E-state index in [1.807, 2.05) is 0 Å². The van der Waals surface area contributed by atoms with Crippen LogP contribution in [0.1, 0.15) is 15.9 Å². The highest BCUT2D eigenvalue weighted by Crippen LogP contribution is 2.28. The van der Waals surface area contributed by atoms with Gasteiger partial charge in [0.25, 0.3) is 0 Å². The lowest BCUT2D eigenvalue weighted by atomic mass is 10.0. The molecular weight excluding hydrogens is 312 g/mol. The zero-order valence-corrected chi connectivity index (χ0v) is 11.0. The third-order valence-electron chi connectivity index (χ3n) is 2.54. The molecule has 0 aliphatic heterocycles. The highest BCUT2D eigenvalue weighted by Gasteiger charge is 2.33. The van der Waals surface area contributed by atoms with E-state index in [2.05, 4.69) is 4.74 Å². The Bertz CT molecular complexity index is 683. The summed E-state index contributed by atoms with van der Waals surface area (Å²) >= 11 is 5.55. The summed E-state index contributed by atoms with van der Waals surface area (Å²) in [6.07, 6.45) is -4.92. The number of hydrogen-bond donors (Lipinski definition) is 0. The average Bonchev–Trinajstić information content (AvgIpc) is 2.40. The van der Waals surface area contributed by atoms with Crippen molar-refractivity contribution in [2.24, 2.45) is 0 Å². The van der Waals surface area contributed by atoms with Crippen LogP contribution in [-0.2, 0) is 0 Å². The molecule has 0 saturated carbocycles. The second-order valence-electron chi connectivity index (χ2n) is 4.00. The van der Waals surface area contributed by atoms with Crippen LogP contribution in [0.3, 0.4) is 0 Å². The van der Waals surface area contributed by atoms with Gasteiger partial charge in [0, 0.05) is 5.56 Å². The molecule has 2 aromatic rings. The van der Waals surface area contributed by atoms with Gasteiger partial charge in [-0.25, -0.2) is 4.39 Å². The van der Waals surface area contributed by atoms with Gasteiger partial charge in [0.2, 0.25) is 0 Å². The summed E-state index contributed by atoms with van der Waals surface area (Å²) in [6.45, 7) is 0. The van der Waals surface area contributed by atoms with Crippen molar-refractivity contribution in [3.8, 4) is 5.75 Å². The summed E-state index contributed by atoms with van der Waals surface area (Å²) in [7, 11) is 0. The normalized spacial score (nSPS) is 11.3. The Morgan fingerprint density at radius 2 is 1.76 bits per heavy atom. The first-order valence-corrected chi connectivity index (χ1v) is 6.00. The number of ether oxygens (including phenoxy) is 1. The number of carbonyl (C=O) groups excluding carboxylic acids is 1. The molecule has 2 rings (SSSR count). The molecule has 0 unspecified atom stereocenters. The number of benzene rings is 2. The molecule has 21 heavy (non-hydrogen) atoms. The zero-order valence-electron chi connectivity index (χ0n) is 10.2. The zero-order chi connectivity index (χ0) is 15.6. The minimum atomic E-state index is -4.92. The van der Waals surface area contributed by atoms with E-state index in [1.54, 1.807) is 0 Å². The Balaban J connectivity index is 2.41. The molecular formula is C14H7ClF4O2. The monoisotopic (exact) mass is 318 g/mol. The summed E-state index contributed by atoms with van der Waals surface area (Å²) < 4.78 is 53.8. The molecule has 0 aromatic heterocycles. The van der Waals surface area contributed by atoms with Crippen LogP contribution in [-0.4, -0.2) is 12.1 Å². The fourth-order valence-electron chi connectivity index (χ4n) is 1.66. The molecule has 2 nitrogen and oxygen atoms in total. The van der Waals surface area contributed by atoms with Gasteiger partial charge in [0.1, 0.15) is 11.6 Å². The van der Waals surface area contributed by atoms with Crippen LogP contribution in [0.5, 0.6) is 5.75 Å². The van der Waals surface area contributed by atoms with Crippen LogP contribution in [0.15, 0.2) is 42.5 Å². The van der Waals surface area contributed by atoms with E-state index in [0.29, 0.717) is 0 Å². The molecule has 0 aliphatic rings. The molecule has 2 aromatic carbocycles. The molecule has 0 N–H and O–H groups in total. The van der Waals surface area contributed by atoms with Gasteiger partial charge in [-0.15, -0.1) is 13.2 Å². The third kappa shape index (κ3) is 3.72. The molecule has 0 spiro atoms. The standard InChI is InChI=1S/C14H7ClF4O2/c15-10-7-8(5-6-11(10)16)13(20)9-3-1-2-4-12(9)21-14(17,18)19/h1-7H. The van der Waals surface area contributed by atoms with Crippen LogP contribution >= 0.6 is 11.6 Å². The number of rotatable bonds is 3. The summed E-state index contributed by atoms with van der Waals surface area (Å²) in [6, 6.07) is 8.03. The van der Waals surface area contributed by atoms with E-state index in [1.165, 1.54) is 18.2 Å². The first-order valence-electron chi connectivity index (χ1n) is 5.62. The number of halogens is 5. The predicted molar refractivity (Wildman–Crippen MR) is 68.0 cm³/mol. The molecule has 0 amide bonds. The lowest BCUT2D eigenvalue weighted by Crippen LogP contribution is -2.19. The van der Waals surface area contributed by atoms with E-state index in [-0.39, 0.29) is 16.1 Å². The molecule has 0 aliphatic carbocycles. The van der Waals surface area contributed by atoms with Crippen molar-refractivity contribution in [1.29, 1.82) is 0 Å². The quantitative estimate of drug-likeness (QED) is 0.610. The van der Waals surface area contributed by atoms with Crippen LogP contribution in [0.2, 0.25) is 5.02 Å². The maximum absolute atomic E-state index is 13.0. The Hall–Kier alpha value is -2.08. The Labute approximate surface area is 121 Å². The highest BCUT2D eigenvalue weighted by atomic mass is 35.5. The first-order chi connectivity index (χ1) is 9.78. The Morgan fingerprint density at radius 1 is 1.10 bits per heavy atom. The average molecular weight is 319 g/mol. The third-order valence-corrected chi connectivity index (χ3v) is 2.83. The number of alkyl halides is 3. The summed E-state index contributed by atoms with van der Waals surface area (Å²) in [5.41, 5.74) is -0.336. The van der Waals surface area contributed by atoms with Gasteiger partial charge in [-0.2, -0.15) is 0 Å². The number of hydrogen-bond acceptors (Lipinski definition) is 2. The van der Waals surface area contributed by atoms with Gasteiger partial charge >= 0.3 is 6.36 Å². The van der Waals surface area contributed by atoms with Crippen molar-refractivity contribution in [1.82, 2.24) is 0 Å². The molecule has 0 heterocycles. The van der Waals surface area contributed by atoms with Crippen molar-refractivity contribution < 1.29 is 27.1 Å². The van der Waals surface area contributed by atoms with E-state index < -0.39 is 23.7 Å². The summed E-state index contributed by atoms with van der Waals surface area (Å²) in [4.78, 5) is 12.2. The van der Waals surface area contributed by atoms with E-state index >= 15 is 0 Å². The van der Waals surface area contributed by atoms with Crippen molar-refractivity contribution in [2.75, 3.05) is 0 Å². The fraction of sp³-hybridized carbons (Fsp3) is 0.0714. The van der Waals surface area contributed by atoms with Gasteiger partial charge in [-0.3, -0.25) is 4.79 Å². The fourth-order valence-corrected chi connectivity index (χ4v) is 1.84. The molecule has 0 atom stereocenters. The van der Waals surface area contributed by atoms with E-state index in [0.717, 1.165) is 24.3 Å². The van der Waals surface area contributed by atoms with Crippen molar-refractivity contribution in [2.45, 2.75) is 6.36 Å². The summed E-state index contributed by atoms with van der Waals surface area (Å²) in [5, 5.41) is -0.296. The molecule has 0 saturated heterocycles. The second kappa shape index (κ2) is 5.73. The van der Waals surface area contributed by atoms with Crippen LogP contribution in [0, 0.1) is 5.82 Å². The topological polar surface area (TPSA) is 26.3 Å². The van der Waals surface area contributed by atoms with Gasteiger partial charge in [0.05, 0.1) is 10.6 Å². The lowest BCUT2D eigenvalue weighted by Gasteiger charge is -2.12. The number of ketones is 1. The SMILES string of the molecule is O=C(c1ccc(F)c(Cl)c1)c1ccccc1OC(F)(F)F. The van der Waals surface area contributed by atoms with Crippen LogP contribution in [0.25, 0.3) is 0 Å². The van der Waals surface area contributed by atoms with Gasteiger partial charge < -0.3 is 4.74 Å². The van der Waals surface area contributed by atoms with Crippen molar-refractivity contribution in [3.05, 3.63) is 64.4 Å². The maximum atomic E-state index is 13.0. The minimum Gasteiger partial charge on any atom is -0.405 e. The number of para-hydroxylation sites is 1. The molecule has 0 bridgehead atoms. The van der Waals surface area contributed by atoms with Gasteiger partial charge in [-0.1, -0.05) is 23.7 Å². The van der Waals surface area contributed by atoms with E-state index in [4.69, 9.17) is 11.6 Å². The number of carbonyl (C=O) groups is 1. The first kappa shape index (κ1) is 15.3. The minimum absolute atomic E-state index is 0.0420. The second-order valence-corrected chi connectivity index (χ2v) is 4.41. The Morgan fingerprint density at radius 3 is 2.38 bits per heavy atom. The summed E-state index contributed by atoms with van der Waals surface area (Å²) in [5.74, 6) is -2.11.